The third-order valence-electron chi connectivity index (χ3n) is 1.43. The van der Waals surface area contributed by atoms with Crippen LogP contribution < -0.4 is 5.09 Å². The van der Waals surface area contributed by atoms with Gasteiger partial charge in [-0.25, -0.2) is 5.09 Å². The molecule has 0 atom stereocenters. The van der Waals surface area contributed by atoms with Crippen molar-refractivity contribution in [3.05, 3.63) is 0 Å². The quantitative estimate of drug-likeness (QED) is 0.493. The second-order valence-electron chi connectivity index (χ2n) is 2.59. The van der Waals surface area contributed by atoms with E-state index in [0.29, 0.717) is 13.2 Å². The number of hydrogen-bond donors (Lipinski definition) is 1. The van der Waals surface area contributed by atoms with Crippen molar-refractivity contribution in [2.24, 2.45) is 0 Å². The van der Waals surface area contributed by atoms with Crippen LogP contribution in [0.4, 0.5) is 0 Å². The highest BCUT2D eigenvalue weighted by atomic mass is 32.5. The SMILES string of the molecule is CCOP(=S)(NCCCOC)OCC. The molecular formula is C8H20NO3PS. The molecule has 0 aromatic heterocycles. The van der Waals surface area contributed by atoms with E-state index in [1.807, 2.05) is 13.8 Å². The first kappa shape index (κ1) is 14.5. The zero-order valence-electron chi connectivity index (χ0n) is 9.12. The Labute approximate surface area is 91.5 Å². The lowest BCUT2D eigenvalue weighted by atomic mass is 10.5. The Balaban J connectivity index is 3.78. The molecule has 0 spiro atoms. The molecule has 0 rings (SSSR count). The van der Waals surface area contributed by atoms with E-state index < -0.39 is 6.64 Å². The van der Waals surface area contributed by atoms with Gasteiger partial charge in [0.2, 0.25) is 0 Å². The van der Waals surface area contributed by atoms with Gasteiger partial charge in [-0.1, -0.05) is 0 Å². The fourth-order valence-electron chi connectivity index (χ4n) is 0.901. The summed E-state index contributed by atoms with van der Waals surface area (Å²) in [5.41, 5.74) is 0. The van der Waals surface area contributed by atoms with E-state index in [1.54, 1.807) is 7.11 Å². The molecule has 1 N–H and O–H groups in total. The monoisotopic (exact) mass is 241 g/mol. The van der Waals surface area contributed by atoms with Crippen LogP contribution in [0.1, 0.15) is 20.3 Å². The lowest BCUT2D eigenvalue weighted by Gasteiger charge is -2.21. The van der Waals surface area contributed by atoms with Crippen molar-refractivity contribution in [1.82, 2.24) is 5.09 Å². The molecule has 0 radical (unpaired) electrons. The van der Waals surface area contributed by atoms with Crippen LogP contribution >= 0.6 is 6.64 Å². The summed E-state index contributed by atoms with van der Waals surface area (Å²) in [6, 6.07) is 0. The summed E-state index contributed by atoms with van der Waals surface area (Å²) in [6.07, 6.45) is 0.912. The maximum absolute atomic E-state index is 5.40. The van der Waals surface area contributed by atoms with Gasteiger partial charge in [0.1, 0.15) is 0 Å². The number of ether oxygens (including phenoxy) is 1. The number of nitrogens with one attached hydrogen (secondary N) is 1. The number of hydrogen-bond acceptors (Lipinski definition) is 4. The maximum atomic E-state index is 5.40. The Morgan fingerprint density at radius 2 is 1.79 bits per heavy atom. The molecule has 0 unspecified atom stereocenters. The van der Waals surface area contributed by atoms with E-state index >= 15 is 0 Å². The molecular weight excluding hydrogens is 221 g/mol. The van der Waals surface area contributed by atoms with E-state index in [1.165, 1.54) is 0 Å². The predicted octanol–water partition coefficient (Wildman–Crippen LogP) is 1.91. The Morgan fingerprint density at radius 1 is 1.21 bits per heavy atom. The minimum atomic E-state index is -2.23. The fraction of sp³-hybridized carbons (Fsp3) is 1.00. The molecule has 0 aliphatic heterocycles. The average Bonchev–Trinajstić information content (AvgIpc) is 2.13. The summed E-state index contributed by atoms with van der Waals surface area (Å²) in [7, 11) is 1.68. The first-order valence-corrected chi connectivity index (χ1v) is 7.45. The van der Waals surface area contributed by atoms with Crippen molar-refractivity contribution < 1.29 is 13.8 Å². The number of rotatable bonds is 9. The lowest BCUT2D eigenvalue weighted by Crippen LogP contribution is -2.17. The van der Waals surface area contributed by atoms with E-state index in [2.05, 4.69) is 5.09 Å². The molecule has 0 saturated carbocycles. The van der Waals surface area contributed by atoms with Gasteiger partial charge in [0.05, 0.1) is 13.2 Å². The van der Waals surface area contributed by atoms with Gasteiger partial charge >= 0.3 is 0 Å². The molecule has 6 heteroatoms. The molecule has 86 valence electrons. The van der Waals surface area contributed by atoms with Crippen LogP contribution in [0.25, 0.3) is 0 Å². The zero-order valence-corrected chi connectivity index (χ0v) is 10.8. The molecule has 0 fully saturated rings. The van der Waals surface area contributed by atoms with E-state index in [0.717, 1.165) is 19.6 Å². The lowest BCUT2D eigenvalue weighted by molar-refractivity contribution is 0.194. The van der Waals surface area contributed by atoms with Crippen molar-refractivity contribution >= 4 is 18.4 Å². The van der Waals surface area contributed by atoms with Gasteiger partial charge in [-0.15, -0.1) is 0 Å². The van der Waals surface area contributed by atoms with Gasteiger partial charge < -0.3 is 13.8 Å². The van der Waals surface area contributed by atoms with Crippen molar-refractivity contribution in [2.45, 2.75) is 20.3 Å². The molecule has 0 aliphatic rings. The van der Waals surface area contributed by atoms with E-state index in [9.17, 15) is 0 Å². The third-order valence-corrected chi connectivity index (χ3v) is 4.26. The summed E-state index contributed by atoms with van der Waals surface area (Å²) in [4.78, 5) is 0. The summed E-state index contributed by atoms with van der Waals surface area (Å²) in [5.74, 6) is 0. The fourth-order valence-corrected chi connectivity index (χ4v) is 3.18. The molecule has 0 heterocycles. The molecule has 0 aromatic rings. The third kappa shape index (κ3) is 6.87. The van der Waals surface area contributed by atoms with Crippen LogP contribution in [0, 0.1) is 0 Å². The second-order valence-corrected chi connectivity index (χ2v) is 5.86. The summed E-state index contributed by atoms with van der Waals surface area (Å²) >= 11 is 5.26. The predicted molar refractivity (Wildman–Crippen MR) is 62.0 cm³/mol. The van der Waals surface area contributed by atoms with Gasteiger partial charge in [0.15, 0.2) is 0 Å². The van der Waals surface area contributed by atoms with Crippen LogP contribution in [0.3, 0.4) is 0 Å². The van der Waals surface area contributed by atoms with Crippen LogP contribution in [0.15, 0.2) is 0 Å². The van der Waals surface area contributed by atoms with Crippen LogP contribution in [0.2, 0.25) is 0 Å². The van der Waals surface area contributed by atoms with Crippen molar-refractivity contribution in [2.75, 3.05) is 33.5 Å². The Morgan fingerprint density at radius 3 is 2.21 bits per heavy atom. The first-order valence-electron chi connectivity index (χ1n) is 4.81. The molecule has 0 bridgehead atoms. The largest absolute Gasteiger partial charge is 0.385 e. The van der Waals surface area contributed by atoms with Crippen molar-refractivity contribution in [3.8, 4) is 0 Å². The zero-order chi connectivity index (χ0) is 10.9. The van der Waals surface area contributed by atoms with Crippen LogP contribution in [-0.4, -0.2) is 33.5 Å². The highest BCUT2D eigenvalue weighted by Gasteiger charge is 2.15. The number of methoxy groups -OCH3 is 1. The Kier molecular flexibility index (Phi) is 9.08. The first-order chi connectivity index (χ1) is 6.68. The Bertz CT molecular complexity index is 170. The van der Waals surface area contributed by atoms with Crippen molar-refractivity contribution in [3.63, 3.8) is 0 Å². The second kappa shape index (κ2) is 8.77. The maximum Gasteiger partial charge on any atom is 0.261 e. The van der Waals surface area contributed by atoms with E-state index in [-0.39, 0.29) is 0 Å². The topological polar surface area (TPSA) is 39.7 Å². The smallest absolute Gasteiger partial charge is 0.261 e. The average molecular weight is 241 g/mol. The molecule has 4 nitrogen and oxygen atoms in total. The molecule has 0 amide bonds. The van der Waals surface area contributed by atoms with Crippen molar-refractivity contribution in [1.29, 1.82) is 0 Å². The minimum absolute atomic E-state index is 0.578. The standard InChI is InChI=1S/C8H20NO3PS/c1-4-11-13(14,12-5-2)9-7-6-8-10-3/h4-8H2,1-3H3,(H,9,14). The molecule has 0 aromatic carbocycles. The van der Waals surface area contributed by atoms with Gasteiger partial charge in [0, 0.05) is 20.3 Å². The van der Waals surface area contributed by atoms with Gasteiger partial charge in [-0.2, -0.15) is 0 Å². The summed E-state index contributed by atoms with van der Waals surface area (Å²) in [6.45, 7) is 4.24. The molecule has 0 aliphatic carbocycles. The van der Waals surface area contributed by atoms with E-state index in [4.69, 9.17) is 25.6 Å². The molecule has 0 saturated heterocycles. The van der Waals surface area contributed by atoms with Gasteiger partial charge in [-0.3, -0.25) is 0 Å². The normalized spacial score (nSPS) is 11.9. The van der Waals surface area contributed by atoms with Gasteiger partial charge in [-0.05, 0) is 32.1 Å². The Hall–Kier alpha value is 0.490. The molecule has 14 heavy (non-hydrogen) atoms. The highest BCUT2D eigenvalue weighted by molar-refractivity contribution is 8.08. The minimum Gasteiger partial charge on any atom is -0.385 e. The summed E-state index contributed by atoms with van der Waals surface area (Å²) < 4.78 is 15.7. The van der Waals surface area contributed by atoms with Crippen LogP contribution in [0.5, 0.6) is 0 Å². The summed E-state index contributed by atoms with van der Waals surface area (Å²) in [5, 5.41) is 3.13. The highest BCUT2D eigenvalue weighted by Crippen LogP contribution is 2.43. The van der Waals surface area contributed by atoms with Gasteiger partial charge in [0.25, 0.3) is 6.64 Å². The van der Waals surface area contributed by atoms with Crippen LogP contribution in [-0.2, 0) is 25.6 Å².